The highest BCUT2D eigenvalue weighted by Gasteiger charge is 2.51. The Balaban J connectivity index is 1.64. The van der Waals surface area contributed by atoms with Crippen LogP contribution in [0.25, 0.3) is 0 Å². The number of β-amino-alcohol motifs (C(OH)–C–C–N with tert-alkyl or cyclic N) is 1. The molecule has 0 aromatic carbocycles. The molecule has 4 aliphatic rings. The number of likely N-dealkylation sites (tertiary alicyclic amines) is 1. The van der Waals surface area contributed by atoms with Crippen molar-refractivity contribution in [3.63, 3.8) is 0 Å². The predicted molar refractivity (Wildman–Crippen MR) is 69.8 cm³/mol. The van der Waals surface area contributed by atoms with Gasteiger partial charge in [0.25, 0.3) is 0 Å². The molecule has 2 bridgehead atoms. The molecule has 1 saturated carbocycles. The van der Waals surface area contributed by atoms with E-state index in [2.05, 4.69) is 24.8 Å². The number of fused-ring (bicyclic) bond motifs is 1. The van der Waals surface area contributed by atoms with Crippen molar-refractivity contribution < 1.29 is 5.11 Å². The Bertz CT molecular complexity index is 334. The van der Waals surface area contributed by atoms with Crippen LogP contribution in [-0.2, 0) is 0 Å². The van der Waals surface area contributed by atoms with E-state index in [0.29, 0.717) is 5.41 Å². The molecular weight excluding hydrogens is 210 g/mol. The summed E-state index contributed by atoms with van der Waals surface area (Å²) in [6.07, 6.45) is 7.25. The normalized spacial score (nSPS) is 40.6. The molecule has 2 heteroatoms. The number of aliphatic hydroxyl groups is 1. The Morgan fingerprint density at radius 2 is 2.29 bits per heavy atom. The summed E-state index contributed by atoms with van der Waals surface area (Å²) in [5, 5.41) is 9.73. The second-order valence-electron chi connectivity index (χ2n) is 6.85. The SMILES string of the molecule is CC1(C)C2CC=C(CN3CCCC(O)C3)C1C2. The van der Waals surface area contributed by atoms with Crippen LogP contribution in [0.3, 0.4) is 0 Å². The fourth-order valence-electron chi connectivity index (χ4n) is 4.09. The molecule has 0 aromatic rings. The van der Waals surface area contributed by atoms with Crippen LogP contribution >= 0.6 is 0 Å². The molecule has 0 radical (unpaired) electrons. The maximum absolute atomic E-state index is 9.73. The van der Waals surface area contributed by atoms with Crippen molar-refractivity contribution in [2.45, 2.75) is 45.6 Å². The molecule has 0 spiro atoms. The fourth-order valence-corrected chi connectivity index (χ4v) is 4.09. The van der Waals surface area contributed by atoms with Gasteiger partial charge in [-0.3, -0.25) is 4.90 Å². The molecule has 2 nitrogen and oxygen atoms in total. The number of hydrogen-bond donors (Lipinski definition) is 1. The Kier molecular flexibility index (Phi) is 2.83. The number of nitrogens with zero attached hydrogens (tertiary/aromatic N) is 1. The van der Waals surface area contributed by atoms with Gasteiger partial charge in [0.1, 0.15) is 0 Å². The molecule has 3 atom stereocenters. The van der Waals surface area contributed by atoms with Gasteiger partial charge in [0.05, 0.1) is 6.10 Å². The fraction of sp³-hybridized carbons (Fsp3) is 0.867. The number of hydrogen-bond acceptors (Lipinski definition) is 2. The minimum atomic E-state index is -0.0879. The van der Waals surface area contributed by atoms with E-state index < -0.39 is 0 Å². The van der Waals surface area contributed by atoms with Crippen molar-refractivity contribution in [3.8, 4) is 0 Å². The van der Waals surface area contributed by atoms with E-state index in [4.69, 9.17) is 0 Å². The zero-order valence-corrected chi connectivity index (χ0v) is 11.2. The van der Waals surface area contributed by atoms with Gasteiger partial charge in [-0.15, -0.1) is 0 Å². The molecular formula is C15H25NO. The Morgan fingerprint density at radius 3 is 2.94 bits per heavy atom. The van der Waals surface area contributed by atoms with Gasteiger partial charge in [0, 0.05) is 13.1 Å². The smallest absolute Gasteiger partial charge is 0.0667 e. The average Bonchev–Trinajstić information content (AvgIpc) is 2.29. The molecule has 0 aromatic heterocycles. The lowest BCUT2D eigenvalue weighted by Gasteiger charge is -2.57. The van der Waals surface area contributed by atoms with Gasteiger partial charge in [-0.1, -0.05) is 25.5 Å². The van der Waals surface area contributed by atoms with E-state index in [-0.39, 0.29) is 6.10 Å². The molecule has 2 fully saturated rings. The Morgan fingerprint density at radius 1 is 1.47 bits per heavy atom. The first-order valence-corrected chi connectivity index (χ1v) is 7.16. The highest BCUT2D eigenvalue weighted by Crippen LogP contribution is 2.59. The van der Waals surface area contributed by atoms with Gasteiger partial charge in [-0.05, 0) is 49.5 Å². The van der Waals surface area contributed by atoms with Crippen molar-refractivity contribution in [2.24, 2.45) is 17.3 Å². The van der Waals surface area contributed by atoms with Crippen LogP contribution in [0.2, 0.25) is 0 Å². The summed E-state index contributed by atoms with van der Waals surface area (Å²) >= 11 is 0. The third-order valence-electron chi connectivity index (χ3n) is 5.47. The first-order chi connectivity index (χ1) is 8.07. The molecule has 3 aliphatic carbocycles. The summed E-state index contributed by atoms with van der Waals surface area (Å²) in [5.41, 5.74) is 2.20. The summed E-state index contributed by atoms with van der Waals surface area (Å²) in [6, 6.07) is 0. The quantitative estimate of drug-likeness (QED) is 0.743. The van der Waals surface area contributed by atoms with Crippen LogP contribution in [0.5, 0.6) is 0 Å². The molecule has 1 N–H and O–H groups in total. The van der Waals surface area contributed by atoms with Crippen molar-refractivity contribution in [1.82, 2.24) is 4.90 Å². The van der Waals surface area contributed by atoms with Crippen molar-refractivity contribution in [3.05, 3.63) is 11.6 Å². The minimum Gasteiger partial charge on any atom is -0.392 e. The van der Waals surface area contributed by atoms with Gasteiger partial charge in [-0.2, -0.15) is 0 Å². The first kappa shape index (κ1) is 11.7. The van der Waals surface area contributed by atoms with Crippen LogP contribution in [0.1, 0.15) is 39.5 Å². The van der Waals surface area contributed by atoms with E-state index in [1.807, 2.05) is 0 Å². The standard InChI is InChI=1S/C15H25NO/c1-15(2)12-6-5-11(14(15)8-12)9-16-7-3-4-13(17)10-16/h5,12-14,17H,3-4,6-10H2,1-2H3. The van der Waals surface area contributed by atoms with E-state index in [1.54, 1.807) is 5.57 Å². The second kappa shape index (κ2) is 4.10. The largest absolute Gasteiger partial charge is 0.392 e. The lowest BCUT2D eigenvalue weighted by molar-refractivity contribution is -0.0136. The maximum Gasteiger partial charge on any atom is 0.0667 e. The summed E-state index contributed by atoms with van der Waals surface area (Å²) in [6.45, 7) is 8.03. The highest BCUT2D eigenvalue weighted by atomic mass is 16.3. The number of piperidine rings is 1. The van der Waals surface area contributed by atoms with E-state index in [9.17, 15) is 5.11 Å². The lowest BCUT2D eigenvalue weighted by atomic mass is 9.49. The maximum atomic E-state index is 9.73. The van der Waals surface area contributed by atoms with Gasteiger partial charge in [0.2, 0.25) is 0 Å². The summed E-state index contributed by atoms with van der Waals surface area (Å²) in [4.78, 5) is 2.45. The third-order valence-corrected chi connectivity index (χ3v) is 5.47. The number of allylic oxidation sites excluding steroid dienone is 1. The molecule has 3 unspecified atom stereocenters. The summed E-state index contributed by atoms with van der Waals surface area (Å²) < 4.78 is 0. The van der Waals surface area contributed by atoms with Crippen molar-refractivity contribution >= 4 is 0 Å². The number of rotatable bonds is 2. The van der Waals surface area contributed by atoms with E-state index >= 15 is 0 Å². The zero-order valence-electron chi connectivity index (χ0n) is 11.2. The molecule has 4 rings (SSSR count). The van der Waals surface area contributed by atoms with E-state index in [0.717, 1.165) is 37.8 Å². The van der Waals surface area contributed by atoms with Crippen LogP contribution < -0.4 is 0 Å². The van der Waals surface area contributed by atoms with E-state index in [1.165, 1.54) is 19.4 Å². The molecule has 1 saturated heterocycles. The van der Waals surface area contributed by atoms with Gasteiger partial charge >= 0.3 is 0 Å². The molecule has 17 heavy (non-hydrogen) atoms. The molecule has 1 aliphatic heterocycles. The van der Waals surface area contributed by atoms with Crippen molar-refractivity contribution in [1.29, 1.82) is 0 Å². The Labute approximate surface area is 105 Å². The predicted octanol–water partition coefficient (Wildman–Crippen LogP) is 2.44. The van der Waals surface area contributed by atoms with Crippen LogP contribution in [0.4, 0.5) is 0 Å². The van der Waals surface area contributed by atoms with Crippen LogP contribution in [0.15, 0.2) is 11.6 Å². The van der Waals surface area contributed by atoms with Crippen LogP contribution in [-0.4, -0.2) is 35.7 Å². The van der Waals surface area contributed by atoms with Gasteiger partial charge in [0.15, 0.2) is 0 Å². The number of aliphatic hydroxyl groups excluding tert-OH is 1. The average molecular weight is 235 g/mol. The van der Waals surface area contributed by atoms with Gasteiger partial charge < -0.3 is 5.11 Å². The lowest BCUT2D eigenvalue weighted by Crippen LogP contribution is -2.50. The van der Waals surface area contributed by atoms with Gasteiger partial charge in [-0.25, -0.2) is 0 Å². The zero-order chi connectivity index (χ0) is 12.0. The molecule has 0 amide bonds. The highest BCUT2D eigenvalue weighted by molar-refractivity contribution is 5.24. The monoisotopic (exact) mass is 235 g/mol. The third kappa shape index (κ3) is 1.96. The summed E-state index contributed by atoms with van der Waals surface area (Å²) in [5.74, 6) is 1.75. The Hall–Kier alpha value is -0.340. The molecule has 1 heterocycles. The summed E-state index contributed by atoms with van der Waals surface area (Å²) in [7, 11) is 0. The topological polar surface area (TPSA) is 23.5 Å². The van der Waals surface area contributed by atoms with Crippen LogP contribution in [0, 0.1) is 17.3 Å². The second-order valence-corrected chi connectivity index (χ2v) is 6.85. The minimum absolute atomic E-state index is 0.0879. The first-order valence-electron chi connectivity index (χ1n) is 7.16. The molecule has 96 valence electrons. The van der Waals surface area contributed by atoms with Crippen molar-refractivity contribution in [2.75, 3.05) is 19.6 Å².